The van der Waals surface area contributed by atoms with Crippen LogP contribution in [0.4, 0.5) is 0 Å². The Labute approximate surface area is 118 Å². The summed E-state index contributed by atoms with van der Waals surface area (Å²) in [7, 11) is 1.88. The van der Waals surface area contributed by atoms with Crippen LogP contribution in [0.1, 0.15) is 18.4 Å². The molecule has 0 bridgehead atoms. The molecule has 0 aliphatic carbocycles. The van der Waals surface area contributed by atoms with Gasteiger partial charge >= 0.3 is 0 Å². The number of aryl methyl sites for hydroxylation is 1. The number of amides is 1. The second-order valence-electron chi connectivity index (χ2n) is 6.26. The number of likely N-dealkylation sites (tertiary alicyclic amines) is 1. The summed E-state index contributed by atoms with van der Waals surface area (Å²) in [6, 6.07) is 0. The number of nitrogens with zero attached hydrogens (tertiary/aromatic N) is 3. The largest absolute Gasteiger partial charge is 0.396 e. The molecule has 0 radical (unpaired) electrons. The summed E-state index contributed by atoms with van der Waals surface area (Å²) in [4.78, 5) is 14.4. The van der Waals surface area contributed by atoms with Crippen LogP contribution in [0.5, 0.6) is 0 Å². The molecule has 6 nitrogen and oxygen atoms in total. The normalized spacial score (nSPS) is 28.4. The molecule has 1 aromatic heterocycles. The van der Waals surface area contributed by atoms with Crippen molar-refractivity contribution in [3.8, 4) is 0 Å². The van der Waals surface area contributed by atoms with E-state index < -0.39 is 0 Å². The minimum absolute atomic E-state index is 0.0905. The SMILES string of the molecule is Cn1cc([C@@H]2CN(C(=O)C3(C)COC3)C[C@H]2CO)cn1. The average Bonchev–Trinajstić information content (AvgIpc) is 3.00. The maximum absolute atomic E-state index is 12.5. The topological polar surface area (TPSA) is 67.6 Å². The summed E-state index contributed by atoms with van der Waals surface area (Å²) in [5, 5.41) is 13.8. The molecule has 6 heteroatoms. The molecule has 2 aliphatic heterocycles. The molecule has 2 aliphatic rings. The van der Waals surface area contributed by atoms with Gasteiger partial charge in [0.1, 0.15) is 0 Å². The zero-order chi connectivity index (χ0) is 14.3. The highest BCUT2D eigenvalue weighted by Gasteiger charge is 2.47. The summed E-state index contributed by atoms with van der Waals surface area (Å²) in [6.45, 7) is 4.32. The fraction of sp³-hybridized carbons (Fsp3) is 0.714. The number of aliphatic hydroxyl groups excluding tert-OH is 1. The third-order valence-electron chi connectivity index (χ3n) is 4.47. The van der Waals surface area contributed by atoms with Crippen molar-refractivity contribution in [3.05, 3.63) is 18.0 Å². The lowest BCUT2D eigenvalue weighted by molar-refractivity contribution is -0.167. The van der Waals surface area contributed by atoms with Crippen LogP contribution in [0, 0.1) is 11.3 Å². The van der Waals surface area contributed by atoms with E-state index in [4.69, 9.17) is 4.74 Å². The van der Waals surface area contributed by atoms with Crippen molar-refractivity contribution in [1.29, 1.82) is 0 Å². The van der Waals surface area contributed by atoms with Crippen molar-refractivity contribution in [2.45, 2.75) is 12.8 Å². The Bertz CT molecular complexity index is 510. The number of hydrogen-bond donors (Lipinski definition) is 1. The van der Waals surface area contributed by atoms with Gasteiger partial charge in [0.25, 0.3) is 0 Å². The van der Waals surface area contributed by atoms with Gasteiger partial charge in [-0.15, -0.1) is 0 Å². The van der Waals surface area contributed by atoms with Gasteiger partial charge in [-0.05, 0) is 12.5 Å². The molecule has 2 saturated heterocycles. The molecule has 2 atom stereocenters. The summed E-state index contributed by atoms with van der Waals surface area (Å²) in [6.07, 6.45) is 3.80. The van der Waals surface area contributed by atoms with Gasteiger partial charge in [0, 0.05) is 44.8 Å². The van der Waals surface area contributed by atoms with Crippen molar-refractivity contribution in [2.24, 2.45) is 18.4 Å². The van der Waals surface area contributed by atoms with E-state index in [1.54, 1.807) is 4.68 Å². The fourth-order valence-electron chi connectivity index (χ4n) is 3.14. The molecule has 1 N–H and O–H groups in total. The van der Waals surface area contributed by atoms with Gasteiger partial charge < -0.3 is 14.7 Å². The van der Waals surface area contributed by atoms with E-state index in [1.165, 1.54) is 0 Å². The number of ether oxygens (including phenoxy) is 1. The molecule has 0 unspecified atom stereocenters. The lowest BCUT2D eigenvalue weighted by Gasteiger charge is -2.39. The highest BCUT2D eigenvalue weighted by atomic mass is 16.5. The van der Waals surface area contributed by atoms with Crippen molar-refractivity contribution >= 4 is 5.91 Å². The van der Waals surface area contributed by atoms with E-state index in [0.717, 1.165) is 5.56 Å². The zero-order valence-electron chi connectivity index (χ0n) is 12.0. The van der Waals surface area contributed by atoms with E-state index >= 15 is 0 Å². The maximum Gasteiger partial charge on any atom is 0.233 e. The molecule has 0 saturated carbocycles. The van der Waals surface area contributed by atoms with Crippen LogP contribution in [0.2, 0.25) is 0 Å². The minimum atomic E-state index is -0.371. The summed E-state index contributed by atoms with van der Waals surface area (Å²) in [5.41, 5.74) is 0.723. The summed E-state index contributed by atoms with van der Waals surface area (Å²) in [5.74, 6) is 0.406. The van der Waals surface area contributed by atoms with Gasteiger partial charge in [-0.2, -0.15) is 5.10 Å². The van der Waals surface area contributed by atoms with Gasteiger partial charge in [-0.3, -0.25) is 9.48 Å². The van der Waals surface area contributed by atoms with E-state index in [-0.39, 0.29) is 29.8 Å². The van der Waals surface area contributed by atoms with E-state index in [1.807, 2.05) is 31.3 Å². The molecule has 20 heavy (non-hydrogen) atoms. The van der Waals surface area contributed by atoms with Gasteiger partial charge in [0.05, 0.1) is 24.8 Å². The molecule has 3 heterocycles. The van der Waals surface area contributed by atoms with Gasteiger partial charge in [-0.25, -0.2) is 0 Å². The number of hydrogen-bond acceptors (Lipinski definition) is 4. The third kappa shape index (κ3) is 2.13. The molecule has 110 valence electrons. The number of aromatic nitrogens is 2. The van der Waals surface area contributed by atoms with Crippen LogP contribution in [0.3, 0.4) is 0 Å². The zero-order valence-corrected chi connectivity index (χ0v) is 12.0. The Hall–Kier alpha value is -1.40. The average molecular weight is 279 g/mol. The van der Waals surface area contributed by atoms with Crippen LogP contribution >= 0.6 is 0 Å². The first-order valence-electron chi connectivity index (χ1n) is 7.00. The standard InChI is InChI=1S/C14H21N3O3/c1-14(8-20-9-14)13(19)17-5-11(7-18)12(6-17)10-3-15-16(2)4-10/h3-4,11-12,18H,5-9H2,1-2H3/t11-,12-/m0/s1. The maximum atomic E-state index is 12.5. The second-order valence-corrected chi connectivity index (χ2v) is 6.26. The second kappa shape index (κ2) is 4.86. The highest BCUT2D eigenvalue weighted by Crippen LogP contribution is 2.36. The monoisotopic (exact) mass is 279 g/mol. The van der Waals surface area contributed by atoms with Crippen LogP contribution < -0.4 is 0 Å². The Kier molecular flexibility index (Phi) is 3.30. The first-order chi connectivity index (χ1) is 9.53. The highest BCUT2D eigenvalue weighted by molar-refractivity contribution is 5.83. The summed E-state index contributed by atoms with van der Waals surface area (Å²) < 4.78 is 6.94. The molecule has 1 aromatic rings. The molecule has 1 amide bonds. The summed E-state index contributed by atoms with van der Waals surface area (Å²) >= 11 is 0. The first-order valence-corrected chi connectivity index (χ1v) is 7.00. The first kappa shape index (κ1) is 13.6. The Morgan fingerprint density at radius 2 is 2.30 bits per heavy atom. The van der Waals surface area contributed by atoms with Gasteiger partial charge in [0.15, 0.2) is 0 Å². The van der Waals surface area contributed by atoms with E-state index in [2.05, 4.69) is 5.10 Å². The minimum Gasteiger partial charge on any atom is -0.396 e. The molecular weight excluding hydrogens is 258 g/mol. The van der Waals surface area contributed by atoms with Crippen LogP contribution in [-0.2, 0) is 16.6 Å². The van der Waals surface area contributed by atoms with Gasteiger partial charge in [0.2, 0.25) is 5.91 Å². The van der Waals surface area contributed by atoms with Crippen molar-refractivity contribution in [2.75, 3.05) is 32.9 Å². The van der Waals surface area contributed by atoms with E-state index in [0.29, 0.717) is 26.3 Å². The quantitative estimate of drug-likeness (QED) is 0.845. The lowest BCUT2D eigenvalue weighted by Crippen LogP contribution is -2.53. The number of carbonyl (C=O) groups excluding carboxylic acids is 1. The van der Waals surface area contributed by atoms with Crippen LogP contribution in [0.15, 0.2) is 12.4 Å². The van der Waals surface area contributed by atoms with E-state index in [9.17, 15) is 9.90 Å². The van der Waals surface area contributed by atoms with Crippen molar-refractivity contribution < 1.29 is 14.6 Å². The number of carbonyl (C=O) groups is 1. The third-order valence-corrected chi connectivity index (χ3v) is 4.47. The lowest BCUT2D eigenvalue weighted by atomic mass is 9.87. The Balaban J connectivity index is 1.76. The van der Waals surface area contributed by atoms with Crippen LogP contribution in [-0.4, -0.2) is 58.6 Å². The Morgan fingerprint density at radius 1 is 1.55 bits per heavy atom. The van der Waals surface area contributed by atoms with Gasteiger partial charge in [-0.1, -0.05) is 0 Å². The fourth-order valence-corrected chi connectivity index (χ4v) is 3.14. The molecule has 0 spiro atoms. The molecule has 0 aromatic carbocycles. The number of rotatable bonds is 3. The molecular formula is C14H21N3O3. The molecule has 3 rings (SSSR count). The molecule has 2 fully saturated rings. The predicted molar refractivity (Wildman–Crippen MR) is 72.0 cm³/mol. The predicted octanol–water partition coefficient (Wildman–Crippen LogP) is -0.00910. The van der Waals surface area contributed by atoms with Crippen molar-refractivity contribution in [1.82, 2.24) is 14.7 Å². The smallest absolute Gasteiger partial charge is 0.233 e. The van der Waals surface area contributed by atoms with Crippen molar-refractivity contribution in [3.63, 3.8) is 0 Å². The van der Waals surface area contributed by atoms with Crippen LogP contribution in [0.25, 0.3) is 0 Å². The number of aliphatic hydroxyl groups is 1. The Morgan fingerprint density at radius 3 is 2.80 bits per heavy atom.